The Hall–Kier alpha value is -0.650. The Morgan fingerprint density at radius 2 is 2.11 bits per heavy atom. The molecule has 0 aromatic rings. The van der Waals surface area contributed by atoms with Crippen LogP contribution >= 0.6 is 0 Å². The van der Waals surface area contributed by atoms with E-state index in [4.69, 9.17) is 14.2 Å². The number of hydrogen-bond acceptors (Lipinski definition) is 5. The smallest absolute Gasteiger partial charge is 0.325 e. The zero-order chi connectivity index (χ0) is 14.3. The second-order valence-corrected chi connectivity index (χ2v) is 5.48. The van der Waals surface area contributed by atoms with Crippen LogP contribution in [0, 0.1) is 5.92 Å². The average molecular weight is 273 g/mol. The number of nitrogens with one attached hydrogen (secondary N) is 1. The normalized spacial score (nSPS) is 21.7. The fourth-order valence-corrected chi connectivity index (χ4v) is 2.36. The van der Waals surface area contributed by atoms with Crippen molar-refractivity contribution in [2.75, 3.05) is 34.0 Å². The second kappa shape index (κ2) is 7.82. The van der Waals surface area contributed by atoms with Crippen LogP contribution in [-0.2, 0) is 19.0 Å². The van der Waals surface area contributed by atoms with Crippen LogP contribution in [-0.4, -0.2) is 51.6 Å². The van der Waals surface area contributed by atoms with Gasteiger partial charge in [0.25, 0.3) is 0 Å². The van der Waals surface area contributed by atoms with Crippen LogP contribution in [0.3, 0.4) is 0 Å². The fraction of sp³-hybridized carbons (Fsp3) is 0.929. The highest BCUT2D eigenvalue weighted by Gasteiger charge is 2.34. The highest BCUT2D eigenvalue weighted by atomic mass is 16.5. The summed E-state index contributed by atoms with van der Waals surface area (Å²) in [4.78, 5) is 11.7. The molecule has 0 aliphatic carbocycles. The van der Waals surface area contributed by atoms with Gasteiger partial charge in [0.2, 0.25) is 0 Å². The molecule has 1 aliphatic rings. The zero-order valence-corrected chi connectivity index (χ0v) is 12.5. The molecular weight excluding hydrogens is 246 g/mol. The molecule has 2 atom stereocenters. The van der Waals surface area contributed by atoms with E-state index in [1.54, 1.807) is 7.05 Å². The van der Waals surface area contributed by atoms with Crippen molar-refractivity contribution in [1.29, 1.82) is 0 Å². The maximum absolute atomic E-state index is 11.7. The standard InChI is InChI=1S/C14H27NO4/c1-11(9-14(2,15-3)13(16)17-4)19-10-12-5-7-18-8-6-12/h11-12,15H,5-10H2,1-4H3. The Morgan fingerprint density at radius 3 is 2.63 bits per heavy atom. The minimum atomic E-state index is -0.691. The molecule has 5 nitrogen and oxygen atoms in total. The first-order valence-corrected chi connectivity index (χ1v) is 6.98. The molecule has 1 rings (SSSR count). The first-order valence-electron chi connectivity index (χ1n) is 6.98. The lowest BCUT2D eigenvalue weighted by Gasteiger charge is -2.30. The van der Waals surface area contributed by atoms with Gasteiger partial charge in [-0.3, -0.25) is 4.79 Å². The quantitative estimate of drug-likeness (QED) is 0.710. The van der Waals surface area contributed by atoms with Crippen LogP contribution in [0.15, 0.2) is 0 Å². The van der Waals surface area contributed by atoms with Crippen molar-refractivity contribution in [2.45, 2.75) is 44.8 Å². The lowest BCUT2D eigenvalue weighted by atomic mass is 9.95. The maximum atomic E-state index is 11.7. The maximum Gasteiger partial charge on any atom is 0.325 e. The third-order valence-electron chi connectivity index (χ3n) is 3.84. The van der Waals surface area contributed by atoms with Gasteiger partial charge in [0.15, 0.2) is 0 Å². The van der Waals surface area contributed by atoms with Crippen LogP contribution in [0.1, 0.15) is 33.1 Å². The predicted molar refractivity (Wildman–Crippen MR) is 73.1 cm³/mol. The molecule has 112 valence electrons. The SMILES string of the molecule is CNC(C)(CC(C)OCC1CCOCC1)C(=O)OC. The molecule has 0 radical (unpaired) electrons. The van der Waals surface area contributed by atoms with Gasteiger partial charge in [0.05, 0.1) is 13.2 Å². The van der Waals surface area contributed by atoms with Gasteiger partial charge >= 0.3 is 5.97 Å². The summed E-state index contributed by atoms with van der Waals surface area (Å²) in [5.41, 5.74) is -0.691. The molecule has 1 heterocycles. The third kappa shape index (κ3) is 5.09. The Morgan fingerprint density at radius 1 is 1.47 bits per heavy atom. The van der Waals surface area contributed by atoms with Gasteiger partial charge in [0.1, 0.15) is 5.54 Å². The molecule has 0 bridgehead atoms. The number of rotatable bonds is 7. The summed E-state index contributed by atoms with van der Waals surface area (Å²) < 4.78 is 16.0. The number of hydrogen-bond donors (Lipinski definition) is 1. The number of esters is 1. The van der Waals surface area contributed by atoms with E-state index in [1.165, 1.54) is 7.11 Å². The number of methoxy groups -OCH3 is 1. The number of carbonyl (C=O) groups is 1. The van der Waals surface area contributed by atoms with Crippen LogP contribution in [0.2, 0.25) is 0 Å². The van der Waals surface area contributed by atoms with Gasteiger partial charge in [-0.15, -0.1) is 0 Å². The number of carbonyl (C=O) groups excluding carboxylic acids is 1. The number of ether oxygens (including phenoxy) is 3. The summed E-state index contributed by atoms with van der Waals surface area (Å²) in [6.45, 7) is 6.24. The van der Waals surface area contributed by atoms with E-state index in [1.807, 2.05) is 13.8 Å². The molecule has 1 fully saturated rings. The van der Waals surface area contributed by atoms with Crippen molar-refractivity contribution in [1.82, 2.24) is 5.32 Å². The summed E-state index contributed by atoms with van der Waals surface area (Å²) in [7, 11) is 3.17. The van der Waals surface area contributed by atoms with Gasteiger partial charge in [-0.2, -0.15) is 0 Å². The average Bonchev–Trinajstić information content (AvgIpc) is 2.45. The van der Waals surface area contributed by atoms with Crippen molar-refractivity contribution in [3.63, 3.8) is 0 Å². The lowest BCUT2D eigenvalue weighted by Crippen LogP contribution is -2.50. The molecule has 1 saturated heterocycles. The minimum absolute atomic E-state index is 0.0133. The molecule has 1 N–H and O–H groups in total. The second-order valence-electron chi connectivity index (χ2n) is 5.48. The van der Waals surface area contributed by atoms with Gasteiger partial charge < -0.3 is 19.5 Å². The fourth-order valence-electron chi connectivity index (χ4n) is 2.36. The first-order chi connectivity index (χ1) is 9.01. The largest absolute Gasteiger partial charge is 0.468 e. The third-order valence-corrected chi connectivity index (χ3v) is 3.84. The summed E-state index contributed by atoms with van der Waals surface area (Å²) in [6, 6.07) is 0. The van der Waals surface area contributed by atoms with E-state index in [0.717, 1.165) is 32.7 Å². The van der Waals surface area contributed by atoms with Crippen LogP contribution < -0.4 is 5.32 Å². The van der Waals surface area contributed by atoms with Gasteiger partial charge in [-0.1, -0.05) is 0 Å². The van der Waals surface area contributed by atoms with Crippen molar-refractivity contribution in [2.24, 2.45) is 5.92 Å². The van der Waals surface area contributed by atoms with E-state index < -0.39 is 5.54 Å². The Balaban J connectivity index is 2.35. The Kier molecular flexibility index (Phi) is 6.75. The predicted octanol–water partition coefficient (Wildman–Crippen LogP) is 1.36. The van der Waals surface area contributed by atoms with Crippen molar-refractivity contribution < 1.29 is 19.0 Å². The summed E-state index contributed by atoms with van der Waals surface area (Å²) in [5, 5.41) is 3.02. The van der Waals surface area contributed by atoms with Crippen LogP contribution in [0.25, 0.3) is 0 Å². The van der Waals surface area contributed by atoms with E-state index in [2.05, 4.69) is 5.32 Å². The Bertz CT molecular complexity index is 279. The molecule has 0 spiro atoms. The minimum Gasteiger partial charge on any atom is -0.468 e. The molecular formula is C14H27NO4. The molecule has 1 aliphatic heterocycles. The summed E-state index contributed by atoms with van der Waals surface area (Å²) in [6.07, 6.45) is 2.73. The molecule has 0 amide bonds. The monoisotopic (exact) mass is 273 g/mol. The van der Waals surface area contributed by atoms with E-state index in [-0.39, 0.29) is 12.1 Å². The first kappa shape index (κ1) is 16.4. The van der Waals surface area contributed by atoms with Crippen LogP contribution in [0.4, 0.5) is 0 Å². The molecule has 0 aromatic heterocycles. The Labute approximate surface area is 116 Å². The number of likely N-dealkylation sites (N-methyl/N-ethyl adjacent to an activating group) is 1. The zero-order valence-electron chi connectivity index (χ0n) is 12.5. The van der Waals surface area contributed by atoms with Crippen LogP contribution in [0.5, 0.6) is 0 Å². The van der Waals surface area contributed by atoms with Gasteiger partial charge in [-0.25, -0.2) is 0 Å². The van der Waals surface area contributed by atoms with Crippen molar-refractivity contribution in [3.05, 3.63) is 0 Å². The molecule has 5 heteroatoms. The highest BCUT2D eigenvalue weighted by Crippen LogP contribution is 2.19. The topological polar surface area (TPSA) is 56.8 Å². The van der Waals surface area contributed by atoms with Gasteiger partial charge in [0, 0.05) is 26.2 Å². The summed E-state index contributed by atoms with van der Waals surface area (Å²) in [5.74, 6) is 0.326. The molecule has 0 aromatic carbocycles. The molecule has 19 heavy (non-hydrogen) atoms. The van der Waals surface area contributed by atoms with E-state index in [9.17, 15) is 4.79 Å². The molecule has 2 unspecified atom stereocenters. The van der Waals surface area contributed by atoms with E-state index >= 15 is 0 Å². The lowest BCUT2D eigenvalue weighted by molar-refractivity contribution is -0.149. The van der Waals surface area contributed by atoms with Crippen molar-refractivity contribution >= 4 is 5.97 Å². The van der Waals surface area contributed by atoms with E-state index in [0.29, 0.717) is 12.3 Å². The van der Waals surface area contributed by atoms with Crippen molar-refractivity contribution in [3.8, 4) is 0 Å². The molecule has 0 saturated carbocycles. The highest BCUT2D eigenvalue weighted by molar-refractivity contribution is 5.80. The van der Waals surface area contributed by atoms with Gasteiger partial charge in [-0.05, 0) is 39.7 Å². The summed E-state index contributed by atoms with van der Waals surface area (Å²) >= 11 is 0.